The molecule has 3 N–H and O–H groups in total. The maximum atomic E-state index is 13.1. The molecule has 0 aromatic heterocycles. The number of hydrogen-bond acceptors (Lipinski definition) is 4. The van der Waals surface area contributed by atoms with Crippen molar-refractivity contribution in [1.82, 2.24) is 10.2 Å². The third-order valence-electron chi connectivity index (χ3n) is 6.28. The number of nitrogens with zero attached hydrogens (tertiary/aromatic N) is 1. The Kier molecular flexibility index (Phi) is 7.53. The van der Waals surface area contributed by atoms with E-state index >= 15 is 0 Å². The topological polar surface area (TPSA) is 67.6 Å². The minimum atomic E-state index is -0.186. The summed E-state index contributed by atoms with van der Waals surface area (Å²) < 4.78 is 5.96. The highest BCUT2D eigenvalue weighted by atomic mass is 35.5. The van der Waals surface area contributed by atoms with Crippen molar-refractivity contribution in [2.24, 2.45) is 0 Å². The summed E-state index contributed by atoms with van der Waals surface area (Å²) in [5.74, 6) is 0.253. The molecule has 1 aliphatic rings. The van der Waals surface area contributed by atoms with Crippen molar-refractivity contribution in [2.45, 2.75) is 38.5 Å². The molecule has 1 aliphatic heterocycles. The first-order chi connectivity index (χ1) is 16.0. The summed E-state index contributed by atoms with van der Waals surface area (Å²) in [4.78, 5) is 15.6. The van der Waals surface area contributed by atoms with Crippen molar-refractivity contribution in [3.63, 3.8) is 0 Å². The summed E-state index contributed by atoms with van der Waals surface area (Å²) >= 11 is 6.23. The molecule has 6 heteroatoms. The number of rotatable bonds is 7. The van der Waals surface area contributed by atoms with E-state index in [0.717, 1.165) is 31.5 Å². The number of carbonyl (C=O) groups excluding carboxylic acids is 1. The van der Waals surface area contributed by atoms with E-state index in [1.165, 1.54) is 5.56 Å². The van der Waals surface area contributed by atoms with Gasteiger partial charge in [-0.05, 0) is 37.0 Å². The lowest BCUT2D eigenvalue weighted by Crippen LogP contribution is -2.45. The van der Waals surface area contributed by atoms with Crippen molar-refractivity contribution < 1.29 is 9.53 Å². The van der Waals surface area contributed by atoms with Crippen molar-refractivity contribution in [3.05, 3.63) is 94.5 Å². The van der Waals surface area contributed by atoms with E-state index < -0.39 is 0 Å². The van der Waals surface area contributed by atoms with Gasteiger partial charge in [-0.2, -0.15) is 0 Å². The molecule has 33 heavy (non-hydrogen) atoms. The van der Waals surface area contributed by atoms with Gasteiger partial charge in [0.1, 0.15) is 12.4 Å². The van der Waals surface area contributed by atoms with Crippen molar-refractivity contribution in [3.8, 4) is 5.75 Å². The van der Waals surface area contributed by atoms with Gasteiger partial charge in [-0.3, -0.25) is 9.69 Å². The zero-order chi connectivity index (χ0) is 23.2. The fourth-order valence-corrected chi connectivity index (χ4v) is 4.40. The Balaban J connectivity index is 1.38. The molecule has 1 heterocycles. The number of ether oxygens (including phenoxy) is 1. The molecule has 1 atom stereocenters. The molecule has 1 saturated heterocycles. The Labute approximate surface area is 200 Å². The first-order valence-electron chi connectivity index (χ1n) is 11.4. The van der Waals surface area contributed by atoms with Crippen LogP contribution in [0.15, 0.2) is 72.8 Å². The van der Waals surface area contributed by atoms with Gasteiger partial charge in [0, 0.05) is 31.2 Å². The number of nitrogens with one attached hydrogen (secondary N) is 1. The Bertz CT molecular complexity index is 1070. The zero-order valence-corrected chi connectivity index (χ0v) is 19.6. The lowest BCUT2D eigenvalue weighted by atomic mass is 10.00. The molecule has 1 unspecified atom stereocenters. The molecular weight excluding hydrogens is 434 g/mol. The quantitative estimate of drug-likeness (QED) is 0.457. The summed E-state index contributed by atoms with van der Waals surface area (Å²) in [7, 11) is 0. The van der Waals surface area contributed by atoms with Crippen LogP contribution in [-0.2, 0) is 6.61 Å². The van der Waals surface area contributed by atoms with Crippen molar-refractivity contribution in [2.75, 3.05) is 18.8 Å². The number of piperidine rings is 1. The van der Waals surface area contributed by atoms with Crippen molar-refractivity contribution >= 4 is 23.2 Å². The predicted octanol–water partition coefficient (Wildman–Crippen LogP) is 5.46. The van der Waals surface area contributed by atoms with Crippen molar-refractivity contribution in [1.29, 1.82) is 0 Å². The first-order valence-corrected chi connectivity index (χ1v) is 11.7. The zero-order valence-electron chi connectivity index (χ0n) is 18.8. The molecule has 5 nitrogen and oxygen atoms in total. The second-order valence-corrected chi connectivity index (χ2v) is 8.92. The van der Waals surface area contributed by atoms with Crippen LogP contribution in [0.25, 0.3) is 0 Å². The summed E-state index contributed by atoms with van der Waals surface area (Å²) in [5, 5.41) is 3.52. The fraction of sp³-hybridized carbons (Fsp3) is 0.296. The van der Waals surface area contributed by atoms with Crippen LogP contribution in [0.5, 0.6) is 5.75 Å². The van der Waals surface area contributed by atoms with Crippen LogP contribution in [0.3, 0.4) is 0 Å². The number of amides is 1. The standard InChI is InChI=1S/C27H30ClN3O2/c1-19(21-10-6-3-7-11-21)31-14-12-22(13-15-31)30-27(32)23-16-24(28)25(29)17-26(23)33-18-20-8-4-2-5-9-20/h2-11,16-17,19,22H,12-15,18,29H2,1H3,(H,30,32). The van der Waals surface area contributed by atoms with E-state index in [1.807, 2.05) is 36.4 Å². The Morgan fingerprint density at radius 2 is 1.73 bits per heavy atom. The number of halogens is 1. The molecular formula is C27H30ClN3O2. The molecule has 0 saturated carbocycles. The Morgan fingerprint density at radius 3 is 2.39 bits per heavy atom. The van der Waals surface area contributed by atoms with Crippen LogP contribution < -0.4 is 15.8 Å². The average Bonchev–Trinajstić information content (AvgIpc) is 2.85. The smallest absolute Gasteiger partial charge is 0.255 e. The molecule has 3 aromatic carbocycles. The highest BCUT2D eigenvalue weighted by Gasteiger charge is 2.26. The maximum absolute atomic E-state index is 13.1. The van der Waals surface area contributed by atoms with Gasteiger partial charge >= 0.3 is 0 Å². The molecule has 1 amide bonds. The van der Waals surface area contributed by atoms with Gasteiger partial charge in [-0.15, -0.1) is 0 Å². The molecule has 1 fully saturated rings. The highest BCUT2D eigenvalue weighted by molar-refractivity contribution is 6.33. The van der Waals surface area contributed by atoms with E-state index in [9.17, 15) is 4.79 Å². The minimum Gasteiger partial charge on any atom is -0.488 e. The van der Waals surface area contributed by atoms with E-state index in [-0.39, 0.29) is 11.9 Å². The molecule has 0 bridgehead atoms. The number of nitrogen functional groups attached to an aromatic ring is 1. The number of anilines is 1. The van der Waals surface area contributed by atoms with Gasteiger partial charge in [0.05, 0.1) is 16.3 Å². The number of carbonyl (C=O) groups is 1. The maximum Gasteiger partial charge on any atom is 0.255 e. The molecule has 0 aliphatic carbocycles. The van der Waals surface area contributed by atoms with Crippen LogP contribution >= 0.6 is 11.6 Å². The van der Waals surface area contributed by atoms with E-state index in [1.54, 1.807) is 12.1 Å². The van der Waals surface area contributed by atoms with Gasteiger partial charge in [0.2, 0.25) is 0 Å². The lowest BCUT2D eigenvalue weighted by Gasteiger charge is -2.36. The number of nitrogens with two attached hydrogens (primary N) is 1. The first kappa shape index (κ1) is 23.1. The third-order valence-corrected chi connectivity index (χ3v) is 6.60. The van der Waals surface area contributed by atoms with Gasteiger partial charge in [0.15, 0.2) is 0 Å². The number of likely N-dealkylation sites (tertiary alicyclic amines) is 1. The molecule has 172 valence electrons. The fourth-order valence-electron chi connectivity index (χ4n) is 4.24. The largest absolute Gasteiger partial charge is 0.488 e. The summed E-state index contributed by atoms with van der Waals surface area (Å²) in [6.45, 7) is 4.45. The monoisotopic (exact) mass is 463 g/mol. The molecule has 3 aromatic rings. The molecule has 4 rings (SSSR count). The lowest BCUT2D eigenvalue weighted by molar-refractivity contribution is 0.0891. The second-order valence-electron chi connectivity index (χ2n) is 8.51. The van der Waals surface area contributed by atoms with E-state index in [2.05, 4.69) is 41.4 Å². The van der Waals surface area contributed by atoms with E-state index in [0.29, 0.717) is 34.7 Å². The number of benzene rings is 3. The second kappa shape index (κ2) is 10.7. The minimum absolute atomic E-state index is 0.107. The van der Waals surface area contributed by atoms with Gasteiger partial charge in [-0.25, -0.2) is 0 Å². The van der Waals surface area contributed by atoms with Gasteiger partial charge in [0.25, 0.3) is 5.91 Å². The van der Waals surface area contributed by atoms with Crippen LogP contribution in [-0.4, -0.2) is 29.9 Å². The third kappa shape index (κ3) is 5.86. The van der Waals surface area contributed by atoms with Gasteiger partial charge in [-0.1, -0.05) is 72.3 Å². The van der Waals surface area contributed by atoms with Crippen LogP contribution in [0, 0.1) is 0 Å². The van der Waals surface area contributed by atoms with Crippen LogP contribution in [0.4, 0.5) is 5.69 Å². The normalized spacial score (nSPS) is 15.7. The van der Waals surface area contributed by atoms with Crippen LogP contribution in [0.2, 0.25) is 5.02 Å². The summed E-state index contributed by atoms with van der Waals surface area (Å²) in [6.07, 6.45) is 1.79. The highest BCUT2D eigenvalue weighted by Crippen LogP contribution is 2.30. The number of hydrogen-bond donors (Lipinski definition) is 2. The van der Waals surface area contributed by atoms with Gasteiger partial charge < -0.3 is 15.8 Å². The summed E-state index contributed by atoms with van der Waals surface area (Å²) in [6, 6.07) is 24.0. The van der Waals surface area contributed by atoms with Crippen LogP contribution in [0.1, 0.15) is 47.3 Å². The average molecular weight is 464 g/mol. The molecule has 0 spiro atoms. The summed E-state index contributed by atoms with van der Waals surface area (Å²) in [5.41, 5.74) is 9.11. The predicted molar refractivity (Wildman–Crippen MR) is 134 cm³/mol. The van der Waals surface area contributed by atoms with E-state index in [4.69, 9.17) is 22.1 Å². The SMILES string of the molecule is CC(c1ccccc1)N1CCC(NC(=O)c2cc(Cl)c(N)cc2OCc2ccccc2)CC1. The Morgan fingerprint density at radius 1 is 1.09 bits per heavy atom. The molecule has 0 radical (unpaired) electrons. The Hall–Kier alpha value is -3.02.